The highest BCUT2D eigenvalue weighted by atomic mass is 32.2. The molecule has 0 bridgehead atoms. The number of esters is 1. The molecule has 0 aliphatic carbocycles. The van der Waals surface area contributed by atoms with Crippen LogP contribution in [0.2, 0.25) is 0 Å². The predicted molar refractivity (Wildman–Crippen MR) is 57.9 cm³/mol. The molecule has 6 nitrogen and oxygen atoms in total. The molecule has 0 amide bonds. The van der Waals surface area contributed by atoms with E-state index in [4.69, 9.17) is 4.74 Å². The second kappa shape index (κ2) is 5.49. The number of methoxy groups -OCH3 is 1. The average Bonchev–Trinajstić information content (AvgIpc) is 2.35. The van der Waals surface area contributed by atoms with E-state index in [1.54, 1.807) is 0 Å². The molecule has 0 aliphatic rings. The molecule has 0 saturated carbocycles. The topological polar surface area (TPSA) is 92.7 Å². The molecule has 19 heavy (non-hydrogen) atoms. The summed E-state index contributed by atoms with van der Waals surface area (Å²) in [5.74, 6) is -0.741. The molecule has 1 aromatic rings. The number of ether oxygens (including phenoxy) is 2. The van der Waals surface area contributed by atoms with E-state index in [-0.39, 0.29) is 5.56 Å². The Kier molecular flexibility index (Phi) is 4.43. The minimum absolute atomic E-state index is 0.0834. The van der Waals surface area contributed by atoms with E-state index in [0.717, 1.165) is 0 Å². The van der Waals surface area contributed by atoms with Gasteiger partial charge in [0, 0.05) is 0 Å². The van der Waals surface area contributed by atoms with Crippen molar-refractivity contribution in [3.05, 3.63) is 29.8 Å². The van der Waals surface area contributed by atoms with Crippen LogP contribution in [0.25, 0.3) is 0 Å². The van der Waals surface area contributed by atoms with Gasteiger partial charge < -0.3 is 14.0 Å². The van der Waals surface area contributed by atoms with Crippen LogP contribution in [0.3, 0.4) is 0 Å². The van der Waals surface area contributed by atoms with Gasteiger partial charge in [-0.05, 0) is 24.3 Å². The normalized spacial score (nSPS) is 12.0. The maximum Gasteiger partial charge on any atom is 0.367 e. The Morgan fingerprint density at radius 1 is 1.32 bits per heavy atom. The maximum atomic E-state index is 12.7. The Bertz CT molecular complexity index is 552. The zero-order valence-corrected chi connectivity index (χ0v) is 10.4. The van der Waals surface area contributed by atoms with Crippen LogP contribution in [0, 0.1) is 0 Å². The van der Waals surface area contributed by atoms with E-state index in [1.807, 2.05) is 0 Å². The van der Waals surface area contributed by atoms with Crippen molar-refractivity contribution in [2.45, 2.75) is 5.25 Å². The molecule has 0 saturated heterocycles. The van der Waals surface area contributed by atoms with Gasteiger partial charge >= 0.3 is 11.2 Å². The fourth-order valence-corrected chi connectivity index (χ4v) is 1.24. The summed E-state index contributed by atoms with van der Waals surface area (Å²) in [6, 6.07) is 5.26. The number of alkyl halides is 2. The number of halogens is 2. The van der Waals surface area contributed by atoms with Crippen LogP contribution in [-0.4, -0.2) is 37.9 Å². The molecule has 0 radical (unpaired) electrons. The van der Waals surface area contributed by atoms with Crippen LogP contribution in [0.1, 0.15) is 10.4 Å². The van der Waals surface area contributed by atoms with Crippen LogP contribution in [0.4, 0.5) is 8.78 Å². The van der Waals surface area contributed by atoms with Crippen molar-refractivity contribution in [3.63, 3.8) is 0 Å². The van der Waals surface area contributed by atoms with E-state index >= 15 is 0 Å². The summed E-state index contributed by atoms with van der Waals surface area (Å²) in [4.78, 5) is 11.3. The summed E-state index contributed by atoms with van der Waals surface area (Å²) in [6.45, 7) is -1.83. The predicted octanol–water partition coefficient (Wildman–Crippen LogP) is 0.990. The third-order valence-electron chi connectivity index (χ3n) is 2.06. The number of carbonyl (C=O) groups excluding carboxylic acids is 1. The van der Waals surface area contributed by atoms with Crippen molar-refractivity contribution < 1.29 is 36.0 Å². The first-order valence-corrected chi connectivity index (χ1v) is 6.22. The Morgan fingerprint density at radius 2 is 1.84 bits per heavy atom. The van der Waals surface area contributed by atoms with Crippen molar-refractivity contribution in [2.24, 2.45) is 0 Å². The lowest BCUT2D eigenvalue weighted by Crippen LogP contribution is -2.34. The SMILES string of the molecule is COc1ccc(C(=O)OCC(F)(F)S(=O)(=O)[O-])cc1. The fourth-order valence-electron chi connectivity index (χ4n) is 1.03. The number of carbonyl (C=O) groups is 1. The second-order valence-electron chi connectivity index (χ2n) is 3.40. The third kappa shape index (κ3) is 3.86. The zero-order chi connectivity index (χ0) is 14.7. The Labute approximate surface area is 107 Å². The first-order chi connectivity index (χ1) is 8.67. The molecule has 0 spiro atoms. The molecular formula is C10H9F2O6S-. The maximum absolute atomic E-state index is 12.7. The highest BCUT2D eigenvalue weighted by Crippen LogP contribution is 2.21. The molecule has 0 heterocycles. The summed E-state index contributed by atoms with van der Waals surface area (Å²) in [6.07, 6.45) is 0. The van der Waals surface area contributed by atoms with Crippen molar-refractivity contribution in [1.29, 1.82) is 0 Å². The Morgan fingerprint density at radius 3 is 2.26 bits per heavy atom. The number of benzene rings is 1. The number of hydrogen-bond acceptors (Lipinski definition) is 6. The van der Waals surface area contributed by atoms with E-state index in [0.29, 0.717) is 5.75 Å². The first-order valence-electron chi connectivity index (χ1n) is 4.82. The van der Waals surface area contributed by atoms with Gasteiger partial charge in [-0.2, -0.15) is 8.78 Å². The summed E-state index contributed by atoms with van der Waals surface area (Å²) in [5.41, 5.74) is -0.0834. The Balaban J connectivity index is 2.70. The van der Waals surface area contributed by atoms with Gasteiger partial charge in [0.15, 0.2) is 16.7 Å². The minimum atomic E-state index is -5.87. The van der Waals surface area contributed by atoms with Crippen LogP contribution >= 0.6 is 0 Å². The van der Waals surface area contributed by atoms with Gasteiger partial charge in [0.25, 0.3) is 0 Å². The Hall–Kier alpha value is -1.74. The lowest BCUT2D eigenvalue weighted by molar-refractivity contribution is -0.00997. The van der Waals surface area contributed by atoms with Crippen LogP contribution in [-0.2, 0) is 14.9 Å². The summed E-state index contributed by atoms with van der Waals surface area (Å²) in [7, 11) is -4.48. The highest BCUT2D eigenvalue weighted by Gasteiger charge is 2.39. The van der Waals surface area contributed by atoms with Gasteiger partial charge in [-0.25, -0.2) is 13.2 Å². The molecule has 1 aromatic carbocycles. The third-order valence-corrected chi connectivity index (χ3v) is 2.91. The van der Waals surface area contributed by atoms with Crippen molar-refractivity contribution in [2.75, 3.05) is 13.7 Å². The van der Waals surface area contributed by atoms with Gasteiger partial charge in [0.1, 0.15) is 5.75 Å². The molecule has 1 rings (SSSR count). The molecule has 106 valence electrons. The van der Waals surface area contributed by atoms with E-state index in [1.165, 1.54) is 31.4 Å². The lowest BCUT2D eigenvalue weighted by atomic mass is 10.2. The first kappa shape index (κ1) is 15.3. The summed E-state index contributed by atoms with van der Waals surface area (Å²) in [5, 5.41) is -4.66. The van der Waals surface area contributed by atoms with E-state index in [2.05, 4.69) is 4.74 Å². The largest absolute Gasteiger partial charge is 0.743 e. The van der Waals surface area contributed by atoms with Crippen LogP contribution in [0.15, 0.2) is 24.3 Å². The molecule has 0 atom stereocenters. The van der Waals surface area contributed by atoms with Crippen LogP contribution in [0.5, 0.6) is 5.75 Å². The highest BCUT2D eigenvalue weighted by molar-refractivity contribution is 7.86. The number of hydrogen-bond donors (Lipinski definition) is 0. The monoisotopic (exact) mass is 295 g/mol. The van der Waals surface area contributed by atoms with Crippen molar-refractivity contribution in [1.82, 2.24) is 0 Å². The molecule has 9 heteroatoms. The standard InChI is InChI=1S/C10H10F2O6S/c1-17-8-4-2-7(3-5-8)9(13)18-6-10(11,12)19(14,15)16/h2-5H,6H2,1H3,(H,14,15,16)/p-1. The van der Waals surface area contributed by atoms with Crippen LogP contribution < -0.4 is 4.74 Å². The molecular weight excluding hydrogens is 286 g/mol. The van der Waals surface area contributed by atoms with Gasteiger partial charge in [-0.1, -0.05) is 0 Å². The van der Waals surface area contributed by atoms with Crippen molar-refractivity contribution >= 4 is 16.1 Å². The molecule has 0 aliphatic heterocycles. The van der Waals surface area contributed by atoms with E-state index < -0.39 is 27.9 Å². The second-order valence-corrected chi connectivity index (χ2v) is 4.90. The molecule has 0 fully saturated rings. The van der Waals surface area contributed by atoms with Gasteiger partial charge in [0.2, 0.25) is 0 Å². The van der Waals surface area contributed by atoms with Gasteiger partial charge in [-0.15, -0.1) is 0 Å². The number of rotatable bonds is 5. The molecule has 0 unspecified atom stereocenters. The van der Waals surface area contributed by atoms with Gasteiger partial charge in [-0.3, -0.25) is 0 Å². The smallest absolute Gasteiger partial charge is 0.367 e. The average molecular weight is 295 g/mol. The summed E-state index contributed by atoms with van der Waals surface area (Å²) < 4.78 is 64.9. The minimum Gasteiger partial charge on any atom is -0.743 e. The summed E-state index contributed by atoms with van der Waals surface area (Å²) >= 11 is 0. The van der Waals surface area contributed by atoms with Crippen molar-refractivity contribution in [3.8, 4) is 5.75 Å². The van der Waals surface area contributed by atoms with Gasteiger partial charge in [0.05, 0.1) is 12.7 Å². The molecule has 0 N–H and O–H groups in total. The quantitative estimate of drug-likeness (QED) is 0.594. The lowest BCUT2D eigenvalue weighted by Gasteiger charge is -2.19. The fraction of sp³-hybridized carbons (Fsp3) is 0.300. The van der Waals surface area contributed by atoms with E-state index in [9.17, 15) is 26.5 Å². The zero-order valence-electron chi connectivity index (χ0n) is 9.63. The molecule has 0 aromatic heterocycles.